The van der Waals surface area contributed by atoms with Crippen LogP contribution in [0.25, 0.3) is 0 Å². The van der Waals surface area contributed by atoms with Crippen LogP contribution in [0, 0.1) is 11.3 Å². The first-order valence-corrected chi connectivity index (χ1v) is 11.4. The van der Waals surface area contributed by atoms with Gasteiger partial charge in [0, 0.05) is 6.54 Å². The lowest BCUT2D eigenvalue weighted by Crippen LogP contribution is -2.45. The zero-order chi connectivity index (χ0) is 23.8. The van der Waals surface area contributed by atoms with E-state index in [1.165, 1.54) is 0 Å². The van der Waals surface area contributed by atoms with Crippen molar-refractivity contribution < 1.29 is 28.6 Å². The van der Waals surface area contributed by atoms with E-state index in [0.29, 0.717) is 25.9 Å². The number of hydrogen-bond acceptors (Lipinski definition) is 6. The maximum atomic E-state index is 13.2. The fraction of sp³-hybridized carbons (Fsp3) is 0.640. The van der Waals surface area contributed by atoms with Crippen LogP contribution in [0.4, 0.5) is 0 Å². The van der Waals surface area contributed by atoms with E-state index in [4.69, 9.17) is 14.2 Å². The predicted molar refractivity (Wildman–Crippen MR) is 121 cm³/mol. The molecule has 1 aliphatic carbocycles. The number of carbonyl (C=O) groups excluding carboxylic acids is 3. The maximum absolute atomic E-state index is 13.2. The molecule has 0 saturated heterocycles. The van der Waals surface area contributed by atoms with Gasteiger partial charge in [-0.3, -0.25) is 14.4 Å². The minimum atomic E-state index is -0.759. The molecule has 1 saturated carbocycles. The van der Waals surface area contributed by atoms with E-state index in [1.54, 1.807) is 14.0 Å². The summed E-state index contributed by atoms with van der Waals surface area (Å²) in [7, 11) is 1.60. The summed E-state index contributed by atoms with van der Waals surface area (Å²) in [4.78, 5) is 38.2. The van der Waals surface area contributed by atoms with Crippen molar-refractivity contribution in [3.05, 3.63) is 29.8 Å². The quantitative estimate of drug-likeness (QED) is 0.548. The molecule has 0 aromatic heterocycles. The highest BCUT2D eigenvalue weighted by Gasteiger charge is 2.43. The van der Waals surface area contributed by atoms with Gasteiger partial charge in [-0.2, -0.15) is 0 Å². The van der Waals surface area contributed by atoms with Crippen molar-refractivity contribution in [1.29, 1.82) is 0 Å². The van der Waals surface area contributed by atoms with Crippen LogP contribution in [0.1, 0.15) is 65.4 Å². The van der Waals surface area contributed by atoms with Crippen LogP contribution in [0.3, 0.4) is 0 Å². The first-order valence-electron chi connectivity index (χ1n) is 11.4. The molecule has 1 aromatic rings. The van der Waals surface area contributed by atoms with Gasteiger partial charge in [-0.1, -0.05) is 25.0 Å². The summed E-state index contributed by atoms with van der Waals surface area (Å²) in [5.74, 6) is -0.720. The molecular weight excluding hydrogens is 410 g/mol. The van der Waals surface area contributed by atoms with Gasteiger partial charge in [0.15, 0.2) is 0 Å². The van der Waals surface area contributed by atoms with Gasteiger partial charge in [-0.05, 0) is 64.7 Å². The van der Waals surface area contributed by atoms with E-state index in [9.17, 15) is 14.4 Å². The molecule has 1 aromatic carbocycles. The highest BCUT2D eigenvalue weighted by atomic mass is 16.6. The Bertz CT molecular complexity index is 775. The van der Waals surface area contributed by atoms with Crippen molar-refractivity contribution in [2.24, 2.45) is 11.3 Å². The third-order valence-corrected chi connectivity index (χ3v) is 5.72. The maximum Gasteiger partial charge on any atom is 0.311 e. The van der Waals surface area contributed by atoms with Crippen LogP contribution in [-0.2, 0) is 30.3 Å². The summed E-state index contributed by atoms with van der Waals surface area (Å²) >= 11 is 0. The number of ether oxygens (including phenoxy) is 3. The second-order valence-corrected chi connectivity index (χ2v) is 9.46. The van der Waals surface area contributed by atoms with E-state index in [1.807, 2.05) is 45.0 Å². The summed E-state index contributed by atoms with van der Waals surface area (Å²) in [6.07, 6.45) is 3.58. The number of hydrogen-bond donors (Lipinski definition) is 1. The monoisotopic (exact) mass is 447 g/mol. The fourth-order valence-corrected chi connectivity index (χ4v) is 4.10. The second kappa shape index (κ2) is 11.3. The van der Waals surface area contributed by atoms with Crippen molar-refractivity contribution in [3.8, 4) is 5.75 Å². The molecule has 1 unspecified atom stereocenters. The number of methoxy groups -OCH3 is 1. The highest BCUT2D eigenvalue weighted by molar-refractivity contribution is 5.88. The SMILES string of the molecule is CCOC(=O)CC1(C(=O)NCC(Cc2ccc(OC)cc2)C(=O)OC(C)(C)C)CCCC1. The van der Waals surface area contributed by atoms with Gasteiger partial charge < -0.3 is 19.5 Å². The zero-order valence-corrected chi connectivity index (χ0v) is 20.0. The van der Waals surface area contributed by atoms with E-state index in [-0.39, 0.29) is 30.8 Å². The first-order chi connectivity index (χ1) is 15.1. The molecule has 7 heteroatoms. The molecule has 178 valence electrons. The van der Waals surface area contributed by atoms with Crippen molar-refractivity contribution in [2.75, 3.05) is 20.3 Å². The molecule has 32 heavy (non-hydrogen) atoms. The van der Waals surface area contributed by atoms with Gasteiger partial charge in [0.2, 0.25) is 5.91 Å². The van der Waals surface area contributed by atoms with Gasteiger partial charge in [0.25, 0.3) is 0 Å². The molecule has 0 radical (unpaired) electrons. The van der Waals surface area contributed by atoms with Gasteiger partial charge in [0.1, 0.15) is 11.4 Å². The smallest absolute Gasteiger partial charge is 0.311 e. The summed E-state index contributed by atoms with van der Waals surface area (Å²) in [6, 6.07) is 7.48. The fourth-order valence-electron chi connectivity index (χ4n) is 4.10. The standard InChI is InChI=1S/C25H37NO6/c1-6-31-21(27)16-25(13-7-8-14-25)23(29)26-17-19(22(28)32-24(2,3)4)15-18-9-11-20(30-5)12-10-18/h9-12,19H,6-8,13-17H2,1-5H3,(H,26,29). The Kier molecular flexibility index (Phi) is 9.10. The molecule has 2 rings (SSSR count). The van der Waals surface area contributed by atoms with Gasteiger partial charge in [-0.25, -0.2) is 0 Å². The van der Waals surface area contributed by atoms with Gasteiger partial charge in [0.05, 0.1) is 31.5 Å². The lowest BCUT2D eigenvalue weighted by molar-refractivity contribution is -0.160. The Morgan fingerprint density at radius 1 is 1.09 bits per heavy atom. The van der Waals surface area contributed by atoms with Crippen LogP contribution in [0.5, 0.6) is 5.75 Å². The number of benzene rings is 1. The van der Waals surface area contributed by atoms with Crippen LogP contribution < -0.4 is 10.1 Å². The van der Waals surface area contributed by atoms with Gasteiger partial charge >= 0.3 is 11.9 Å². The average Bonchev–Trinajstić information content (AvgIpc) is 3.19. The number of rotatable bonds is 10. The topological polar surface area (TPSA) is 90.9 Å². The molecule has 0 aliphatic heterocycles. The Balaban J connectivity index is 2.11. The van der Waals surface area contributed by atoms with Crippen molar-refractivity contribution >= 4 is 17.8 Å². The zero-order valence-electron chi connectivity index (χ0n) is 20.0. The highest BCUT2D eigenvalue weighted by Crippen LogP contribution is 2.41. The van der Waals surface area contributed by atoms with Crippen molar-refractivity contribution in [3.63, 3.8) is 0 Å². The van der Waals surface area contributed by atoms with E-state index < -0.39 is 16.9 Å². The number of nitrogens with one attached hydrogen (secondary N) is 1. The summed E-state index contributed by atoms with van der Waals surface area (Å²) in [5, 5.41) is 2.95. The van der Waals surface area contributed by atoms with Crippen molar-refractivity contribution in [2.45, 2.75) is 71.8 Å². The molecule has 1 N–H and O–H groups in total. The molecule has 1 amide bonds. The van der Waals surface area contributed by atoms with Gasteiger partial charge in [-0.15, -0.1) is 0 Å². The Morgan fingerprint density at radius 2 is 1.72 bits per heavy atom. The Hall–Kier alpha value is -2.57. The molecule has 0 heterocycles. The third-order valence-electron chi connectivity index (χ3n) is 5.72. The molecule has 0 bridgehead atoms. The van der Waals surface area contributed by atoms with Crippen LogP contribution in [0.2, 0.25) is 0 Å². The largest absolute Gasteiger partial charge is 0.497 e. The molecule has 0 spiro atoms. The van der Waals surface area contributed by atoms with Crippen LogP contribution in [0.15, 0.2) is 24.3 Å². The minimum absolute atomic E-state index is 0.0717. The second-order valence-electron chi connectivity index (χ2n) is 9.46. The minimum Gasteiger partial charge on any atom is -0.497 e. The van der Waals surface area contributed by atoms with E-state index >= 15 is 0 Å². The first kappa shape index (κ1) is 25.7. The van der Waals surface area contributed by atoms with Crippen molar-refractivity contribution in [1.82, 2.24) is 5.32 Å². The number of amides is 1. The van der Waals surface area contributed by atoms with E-state index in [2.05, 4.69) is 5.32 Å². The number of carbonyl (C=O) groups is 3. The normalized spacial score (nSPS) is 16.2. The lowest BCUT2D eigenvalue weighted by Gasteiger charge is -2.28. The molecule has 1 atom stereocenters. The predicted octanol–water partition coefficient (Wildman–Crippen LogP) is 3.83. The molecule has 1 fully saturated rings. The number of esters is 2. The third kappa shape index (κ3) is 7.53. The Labute approximate surface area is 191 Å². The Morgan fingerprint density at radius 3 is 2.25 bits per heavy atom. The lowest BCUT2D eigenvalue weighted by atomic mass is 9.81. The summed E-state index contributed by atoms with van der Waals surface area (Å²) in [5.41, 5.74) is -0.446. The molecule has 7 nitrogen and oxygen atoms in total. The van der Waals surface area contributed by atoms with Crippen LogP contribution >= 0.6 is 0 Å². The molecular formula is C25H37NO6. The summed E-state index contributed by atoms with van der Waals surface area (Å²) in [6.45, 7) is 7.65. The summed E-state index contributed by atoms with van der Waals surface area (Å²) < 4.78 is 15.9. The average molecular weight is 448 g/mol. The van der Waals surface area contributed by atoms with E-state index in [0.717, 1.165) is 24.2 Å². The molecule has 1 aliphatic rings. The van der Waals surface area contributed by atoms with Crippen LogP contribution in [-0.4, -0.2) is 43.7 Å².